The Morgan fingerprint density at radius 3 is 2.76 bits per heavy atom. The van der Waals surface area contributed by atoms with E-state index in [0.29, 0.717) is 28.2 Å². The fourth-order valence-corrected chi connectivity index (χ4v) is 2.50. The zero-order valence-electron chi connectivity index (χ0n) is 11.8. The summed E-state index contributed by atoms with van der Waals surface area (Å²) in [5.41, 5.74) is 1.03. The van der Waals surface area contributed by atoms with Crippen LogP contribution in [0.25, 0.3) is 11.3 Å². The largest absolute Gasteiger partial charge is 0.478 e. The number of aromatic nitrogens is 2. The first kappa shape index (κ1) is 15.7. The molecular formula is C15H16BrFN2O2. The molecule has 0 aliphatic carbocycles. The van der Waals surface area contributed by atoms with E-state index in [9.17, 15) is 14.3 Å². The highest BCUT2D eigenvalue weighted by Crippen LogP contribution is 2.30. The maximum absolute atomic E-state index is 13.2. The lowest BCUT2D eigenvalue weighted by molar-refractivity contribution is 0.0697. The van der Waals surface area contributed by atoms with Crippen molar-refractivity contribution >= 4 is 21.9 Å². The molecule has 4 nitrogen and oxygen atoms in total. The summed E-state index contributed by atoms with van der Waals surface area (Å²) >= 11 is 3.26. The second-order valence-electron chi connectivity index (χ2n) is 5.27. The summed E-state index contributed by atoms with van der Waals surface area (Å²) in [6.45, 7) is 4.84. The highest BCUT2D eigenvalue weighted by Gasteiger charge is 2.19. The lowest BCUT2D eigenvalue weighted by Gasteiger charge is -2.04. The van der Waals surface area contributed by atoms with Crippen molar-refractivity contribution in [3.05, 3.63) is 40.2 Å². The smallest absolute Gasteiger partial charge is 0.339 e. The Hall–Kier alpha value is -1.69. The fraction of sp³-hybridized carbons (Fsp3) is 0.333. The lowest BCUT2D eigenvalue weighted by atomic mass is 10.1. The average Bonchev–Trinajstić information content (AvgIpc) is 2.80. The van der Waals surface area contributed by atoms with Gasteiger partial charge in [-0.3, -0.25) is 4.68 Å². The molecule has 0 saturated heterocycles. The molecule has 1 aromatic carbocycles. The molecular weight excluding hydrogens is 339 g/mol. The molecule has 0 unspecified atom stereocenters. The van der Waals surface area contributed by atoms with Gasteiger partial charge in [-0.1, -0.05) is 13.8 Å². The number of nitrogens with zero attached hydrogens (tertiary/aromatic N) is 2. The first-order valence-electron chi connectivity index (χ1n) is 6.64. The third-order valence-corrected chi connectivity index (χ3v) is 3.77. The van der Waals surface area contributed by atoms with Gasteiger partial charge in [0.05, 0.1) is 0 Å². The molecule has 0 radical (unpaired) electrons. The van der Waals surface area contributed by atoms with Crippen molar-refractivity contribution in [3.63, 3.8) is 0 Å². The number of carboxylic acids is 1. The summed E-state index contributed by atoms with van der Waals surface area (Å²) in [6, 6.07) is 4.12. The highest BCUT2D eigenvalue weighted by atomic mass is 79.9. The van der Waals surface area contributed by atoms with Crippen LogP contribution in [0.15, 0.2) is 28.9 Å². The van der Waals surface area contributed by atoms with E-state index >= 15 is 0 Å². The Morgan fingerprint density at radius 2 is 2.19 bits per heavy atom. The monoisotopic (exact) mass is 354 g/mol. The van der Waals surface area contributed by atoms with Crippen LogP contribution in [0.2, 0.25) is 0 Å². The Kier molecular flexibility index (Phi) is 4.77. The minimum atomic E-state index is -1.04. The van der Waals surface area contributed by atoms with Gasteiger partial charge in [0, 0.05) is 22.8 Å². The second kappa shape index (κ2) is 6.39. The predicted octanol–water partition coefficient (Wildman–Crippen LogP) is 4.20. The van der Waals surface area contributed by atoms with E-state index in [1.165, 1.54) is 24.4 Å². The molecule has 0 aliphatic heterocycles. The van der Waals surface area contributed by atoms with Crippen LogP contribution < -0.4 is 0 Å². The molecule has 1 aromatic heterocycles. The number of aromatic carboxylic acids is 1. The van der Waals surface area contributed by atoms with Gasteiger partial charge in [-0.25, -0.2) is 9.18 Å². The van der Waals surface area contributed by atoms with E-state index in [0.717, 1.165) is 6.42 Å². The fourth-order valence-electron chi connectivity index (χ4n) is 1.96. The van der Waals surface area contributed by atoms with Crippen molar-refractivity contribution in [2.75, 3.05) is 0 Å². The Labute approximate surface area is 130 Å². The minimum absolute atomic E-state index is 0.117. The van der Waals surface area contributed by atoms with Crippen LogP contribution in [-0.4, -0.2) is 20.9 Å². The molecule has 0 aliphatic rings. The van der Waals surface area contributed by atoms with Crippen LogP contribution >= 0.6 is 15.9 Å². The molecule has 0 bridgehead atoms. The van der Waals surface area contributed by atoms with E-state index in [1.54, 1.807) is 4.68 Å². The number of rotatable bonds is 5. The van der Waals surface area contributed by atoms with Crippen molar-refractivity contribution in [1.29, 1.82) is 0 Å². The molecule has 2 aromatic rings. The van der Waals surface area contributed by atoms with Gasteiger partial charge in [0.25, 0.3) is 0 Å². The third-order valence-electron chi connectivity index (χ3n) is 3.11. The molecule has 0 fully saturated rings. The van der Waals surface area contributed by atoms with Gasteiger partial charge >= 0.3 is 5.97 Å². The van der Waals surface area contributed by atoms with E-state index in [2.05, 4.69) is 34.9 Å². The van der Waals surface area contributed by atoms with Gasteiger partial charge < -0.3 is 5.11 Å². The van der Waals surface area contributed by atoms with Crippen molar-refractivity contribution < 1.29 is 14.3 Å². The first-order chi connectivity index (χ1) is 9.88. The maximum atomic E-state index is 13.2. The normalized spacial score (nSPS) is 11.1. The number of hydrogen-bond acceptors (Lipinski definition) is 2. The number of halogens is 2. The topological polar surface area (TPSA) is 55.1 Å². The zero-order chi connectivity index (χ0) is 15.6. The van der Waals surface area contributed by atoms with Crippen LogP contribution in [0.3, 0.4) is 0 Å². The van der Waals surface area contributed by atoms with Gasteiger partial charge in [0.1, 0.15) is 17.1 Å². The second-order valence-corrected chi connectivity index (χ2v) is 6.12. The summed E-state index contributed by atoms with van der Waals surface area (Å²) in [7, 11) is 0. The molecule has 0 atom stereocenters. The van der Waals surface area contributed by atoms with Crippen LogP contribution in [0, 0.1) is 11.7 Å². The molecule has 1 N–H and O–H groups in total. The SMILES string of the molecule is CC(C)CCn1cc(C(=O)O)c(-c2ccc(F)cc2Br)n1. The summed E-state index contributed by atoms with van der Waals surface area (Å²) in [5.74, 6) is -0.928. The molecule has 2 rings (SSSR count). The summed E-state index contributed by atoms with van der Waals surface area (Å²) < 4.78 is 15.3. The van der Waals surface area contributed by atoms with Gasteiger partial charge in [-0.15, -0.1) is 0 Å². The van der Waals surface area contributed by atoms with Crippen LogP contribution in [-0.2, 0) is 6.54 Å². The number of carbonyl (C=O) groups is 1. The van der Waals surface area contributed by atoms with E-state index in [-0.39, 0.29) is 11.4 Å². The van der Waals surface area contributed by atoms with Crippen molar-refractivity contribution in [3.8, 4) is 11.3 Å². The van der Waals surface area contributed by atoms with Crippen molar-refractivity contribution in [2.24, 2.45) is 5.92 Å². The molecule has 0 amide bonds. The molecule has 112 valence electrons. The van der Waals surface area contributed by atoms with Gasteiger partial charge in [-0.2, -0.15) is 5.10 Å². The van der Waals surface area contributed by atoms with Crippen molar-refractivity contribution in [1.82, 2.24) is 9.78 Å². The maximum Gasteiger partial charge on any atom is 0.339 e. The van der Waals surface area contributed by atoms with Gasteiger partial charge in [0.15, 0.2) is 0 Å². The van der Waals surface area contributed by atoms with Gasteiger partial charge in [-0.05, 0) is 46.5 Å². The van der Waals surface area contributed by atoms with Crippen LogP contribution in [0.5, 0.6) is 0 Å². The number of benzene rings is 1. The lowest BCUT2D eigenvalue weighted by Crippen LogP contribution is -2.02. The molecule has 0 saturated carbocycles. The summed E-state index contributed by atoms with van der Waals surface area (Å²) in [6.07, 6.45) is 2.43. The summed E-state index contributed by atoms with van der Waals surface area (Å²) in [4.78, 5) is 11.4. The number of hydrogen-bond donors (Lipinski definition) is 1. The molecule has 0 spiro atoms. The first-order valence-corrected chi connectivity index (χ1v) is 7.44. The number of aryl methyl sites for hydroxylation is 1. The molecule has 1 heterocycles. The minimum Gasteiger partial charge on any atom is -0.478 e. The highest BCUT2D eigenvalue weighted by molar-refractivity contribution is 9.10. The Morgan fingerprint density at radius 1 is 1.48 bits per heavy atom. The molecule has 6 heteroatoms. The summed E-state index contributed by atoms with van der Waals surface area (Å²) in [5, 5.41) is 13.7. The van der Waals surface area contributed by atoms with Gasteiger partial charge in [0.2, 0.25) is 0 Å². The standard InChI is InChI=1S/C15H16BrFN2O2/c1-9(2)5-6-19-8-12(15(20)21)14(18-19)11-4-3-10(17)7-13(11)16/h3-4,7-9H,5-6H2,1-2H3,(H,20,21). The Bertz CT molecular complexity index is 668. The molecule has 21 heavy (non-hydrogen) atoms. The van der Waals surface area contributed by atoms with Crippen molar-refractivity contribution in [2.45, 2.75) is 26.8 Å². The van der Waals surface area contributed by atoms with E-state index < -0.39 is 5.97 Å². The van der Waals surface area contributed by atoms with E-state index in [4.69, 9.17) is 0 Å². The van der Waals surface area contributed by atoms with E-state index in [1.807, 2.05) is 0 Å². The Balaban J connectivity index is 2.43. The average molecular weight is 355 g/mol. The quantitative estimate of drug-likeness (QED) is 0.875. The zero-order valence-corrected chi connectivity index (χ0v) is 13.4. The van der Waals surface area contributed by atoms with Crippen LogP contribution in [0.4, 0.5) is 4.39 Å². The predicted molar refractivity (Wildman–Crippen MR) is 81.7 cm³/mol. The van der Waals surface area contributed by atoms with Crippen LogP contribution in [0.1, 0.15) is 30.6 Å². The number of carboxylic acid groups (broad SMARTS) is 1. The third kappa shape index (κ3) is 3.69.